The minimum Gasteiger partial charge on any atom is -0.496 e. The molecule has 0 amide bonds. The zero-order chi connectivity index (χ0) is 23.3. The smallest absolute Gasteiger partial charge is 0.188 e. The SMILES string of the molecule is COc1cc(C)c(CN=C(N)NCCC[C@H](N)C(O)c2nc3ccccc3s2)c(C)c1C. The first-order valence-electron chi connectivity index (χ1n) is 10.8. The highest BCUT2D eigenvalue weighted by Crippen LogP contribution is 2.29. The van der Waals surface area contributed by atoms with Gasteiger partial charge in [-0.05, 0) is 74.1 Å². The summed E-state index contributed by atoms with van der Waals surface area (Å²) >= 11 is 1.48. The number of nitrogens with two attached hydrogens (primary N) is 2. The lowest BCUT2D eigenvalue weighted by atomic mass is 9.97. The van der Waals surface area contributed by atoms with Crippen LogP contribution in [0.4, 0.5) is 0 Å². The van der Waals surface area contributed by atoms with Crippen LogP contribution in [0.3, 0.4) is 0 Å². The minimum absolute atomic E-state index is 0.386. The second-order valence-corrected chi connectivity index (χ2v) is 9.09. The van der Waals surface area contributed by atoms with Gasteiger partial charge in [0.15, 0.2) is 5.96 Å². The molecule has 1 unspecified atom stereocenters. The summed E-state index contributed by atoms with van der Waals surface area (Å²) in [5.74, 6) is 1.29. The van der Waals surface area contributed by atoms with E-state index in [1.807, 2.05) is 30.3 Å². The number of nitrogens with one attached hydrogen (secondary N) is 1. The molecule has 2 aromatic carbocycles. The first-order valence-corrected chi connectivity index (χ1v) is 11.6. The van der Waals surface area contributed by atoms with Gasteiger partial charge in [-0.15, -0.1) is 11.3 Å². The Kier molecular flexibility index (Phi) is 8.06. The molecule has 0 radical (unpaired) electrons. The molecule has 0 aliphatic rings. The van der Waals surface area contributed by atoms with Gasteiger partial charge in [-0.3, -0.25) is 0 Å². The topological polar surface area (TPSA) is 119 Å². The maximum absolute atomic E-state index is 10.6. The number of thiazole rings is 1. The highest BCUT2D eigenvalue weighted by atomic mass is 32.1. The Morgan fingerprint density at radius 1 is 1.25 bits per heavy atom. The third-order valence-corrected chi connectivity index (χ3v) is 6.93. The number of nitrogens with zero attached hydrogens (tertiary/aromatic N) is 2. The Bertz CT molecular complexity index is 1060. The van der Waals surface area contributed by atoms with Gasteiger partial charge in [-0.2, -0.15) is 0 Å². The molecule has 7 nitrogen and oxygen atoms in total. The van der Waals surface area contributed by atoms with E-state index in [4.69, 9.17) is 16.2 Å². The Morgan fingerprint density at radius 2 is 2.00 bits per heavy atom. The highest BCUT2D eigenvalue weighted by Gasteiger charge is 2.20. The summed E-state index contributed by atoms with van der Waals surface area (Å²) in [5, 5.41) is 14.4. The van der Waals surface area contributed by atoms with Crippen LogP contribution in [0.1, 0.15) is 46.2 Å². The highest BCUT2D eigenvalue weighted by molar-refractivity contribution is 7.18. The van der Waals surface area contributed by atoms with Crippen molar-refractivity contribution in [3.8, 4) is 5.75 Å². The molecule has 32 heavy (non-hydrogen) atoms. The molecule has 0 saturated heterocycles. The molecule has 0 aliphatic heterocycles. The molecule has 2 atom stereocenters. The van der Waals surface area contributed by atoms with E-state index in [0.717, 1.165) is 39.1 Å². The Morgan fingerprint density at radius 3 is 2.72 bits per heavy atom. The molecule has 0 fully saturated rings. The van der Waals surface area contributed by atoms with Gasteiger partial charge in [0.25, 0.3) is 0 Å². The number of aliphatic hydroxyl groups is 1. The maximum atomic E-state index is 10.6. The number of aromatic nitrogens is 1. The van der Waals surface area contributed by atoms with Crippen molar-refractivity contribution >= 4 is 27.5 Å². The van der Waals surface area contributed by atoms with E-state index >= 15 is 0 Å². The number of guanidine groups is 1. The van der Waals surface area contributed by atoms with Gasteiger partial charge < -0.3 is 26.6 Å². The average molecular weight is 456 g/mol. The molecule has 3 aromatic rings. The summed E-state index contributed by atoms with van der Waals surface area (Å²) in [4.78, 5) is 8.99. The van der Waals surface area contributed by atoms with Crippen LogP contribution in [0.15, 0.2) is 35.3 Å². The number of benzene rings is 2. The molecule has 172 valence electrons. The molecule has 1 aromatic heterocycles. The quantitative estimate of drug-likeness (QED) is 0.223. The van der Waals surface area contributed by atoms with E-state index in [1.54, 1.807) is 7.11 Å². The van der Waals surface area contributed by atoms with Gasteiger partial charge in [-0.1, -0.05) is 12.1 Å². The fraction of sp³-hybridized carbons (Fsp3) is 0.417. The summed E-state index contributed by atoms with van der Waals surface area (Å²) in [7, 11) is 1.69. The zero-order valence-electron chi connectivity index (χ0n) is 19.2. The second kappa shape index (κ2) is 10.8. The number of hydrogen-bond donors (Lipinski definition) is 4. The van der Waals surface area contributed by atoms with Gasteiger partial charge >= 0.3 is 0 Å². The average Bonchev–Trinajstić information content (AvgIpc) is 3.22. The van der Waals surface area contributed by atoms with E-state index in [-0.39, 0.29) is 6.04 Å². The van der Waals surface area contributed by atoms with Crippen molar-refractivity contribution in [3.05, 3.63) is 57.6 Å². The van der Waals surface area contributed by atoms with Crippen LogP contribution in [-0.2, 0) is 6.54 Å². The third-order valence-electron chi connectivity index (χ3n) is 5.83. The van der Waals surface area contributed by atoms with Gasteiger partial charge in [0, 0.05) is 12.6 Å². The molecule has 6 N–H and O–H groups in total. The maximum Gasteiger partial charge on any atom is 0.188 e. The van der Waals surface area contributed by atoms with Crippen LogP contribution in [0.5, 0.6) is 5.75 Å². The largest absolute Gasteiger partial charge is 0.496 e. The molecule has 3 rings (SSSR count). The molecule has 0 saturated carbocycles. The number of fused-ring (bicyclic) bond motifs is 1. The van der Waals surface area contributed by atoms with Crippen molar-refractivity contribution in [2.75, 3.05) is 13.7 Å². The van der Waals surface area contributed by atoms with Crippen molar-refractivity contribution in [2.45, 2.75) is 52.3 Å². The number of methoxy groups -OCH3 is 1. The van der Waals surface area contributed by atoms with Gasteiger partial charge in [0.05, 0.1) is 23.9 Å². The van der Waals surface area contributed by atoms with Crippen molar-refractivity contribution in [3.63, 3.8) is 0 Å². The molecule has 0 aliphatic carbocycles. The number of aryl methyl sites for hydroxylation is 1. The van der Waals surface area contributed by atoms with Gasteiger partial charge in [0.2, 0.25) is 0 Å². The first kappa shape index (κ1) is 24.0. The monoisotopic (exact) mass is 455 g/mol. The van der Waals surface area contributed by atoms with Crippen LogP contribution < -0.4 is 21.5 Å². The van der Waals surface area contributed by atoms with Crippen LogP contribution >= 0.6 is 11.3 Å². The number of ether oxygens (including phenoxy) is 1. The number of aliphatic imine (C=N–C) groups is 1. The number of hydrogen-bond acceptors (Lipinski definition) is 6. The fourth-order valence-electron chi connectivity index (χ4n) is 3.69. The summed E-state index contributed by atoms with van der Waals surface area (Å²) in [6, 6.07) is 9.49. The predicted octanol–water partition coefficient (Wildman–Crippen LogP) is 3.48. The summed E-state index contributed by atoms with van der Waals surface area (Å²) in [5.41, 5.74) is 17.7. The standard InChI is InChI=1S/C24H33N5O2S/c1-14-12-20(31-4)16(3)15(2)17(14)13-28-24(26)27-11-7-8-18(25)22(30)23-29-19-9-5-6-10-21(19)32-23/h5-6,9-10,12,18,22,30H,7-8,11,13,25H2,1-4H3,(H3,26,27,28)/t18-,22?/m0/s1. The molecular weight excluding hydrogens is 422 g/mol. The number of para-hydroxylation sites is 1. The van der Waals surface area contributed by atoms with Crippen LogP contribution in [0.2, 0.25) is 0 Å². The zero-order valence-corrected chi connectivity index (χ0v) is 20.0. The lowest BCUT2D eigenvalue weighted by molar-refractivity contribution is 0.141. The van der Waals surface area contributed by atoms with E-state index in [2.05, 4.69) is 36.1 Å². The van der Waals surface area contributed by atoms with E-state index < -0.39 is 6.10 Å². The number of aliphatic hydroxyl groups excluding tert-OH is 1. The van der Waals surface area contributed by atoms with Crippen LogP contribution in [0, 0.1) is 20.8 Å². The van der Waals surface area contributed by atoms with Gasteiger partial charge in [-0.25, -0.2) is 9.98 Å². The Hall–Kier alpha value is -2.68. The van der Waals surface area contributed by atoms with Crippen LogP contribution in [0.25, 0.3) is 10.2 Å². The van der Waals surface area contributed by atoms with E-state index in [1.165, 1.54) is 16.9 Å². The minimum atomic E-state index is -0.775. The summed E-state index contributed by atoms with van der Waals surface area (Å²) in [6.45, 7) is 7.33. The molecule has 0 bridgehead atoms. The molecule has 1 heterocycles. The Balaban J connectivity index is 1.48. The third kappa shape index (κ3) is 5.56. The normalized spacial score (nSPS) is 13.9. The first-order chi connectivity index (χ1) is 15.3. The summed E-state index contributed by atoms with van der Waals surface area (Å²) in [6.07, 6.45) is 0.634. The lowest BCUT2D eigenvalue weighted by Gasteiger charge is -2.17. The number of rotatable bonds is 9. The van der Waals surface area contributed by atoms with Crippen molar-refractivity contribution in [1.29, 1.82) is 0 Å². The predicted molar refractivity (Wildman–Crippen MR) is 132 cm³/mol. The van der Waals surface area contributed by atoms with Crippen LogP contribution in [-0.4, -0.2) is 35.7 Å². The van der Waals surface area contributed by atoms with Crippen molar-refractivity contribution < 1.29 is 9.84 Å². The molecular formula is C24H33N5O2S. The van der Waals surface area contributed by atoms with Crippen molar-refractivity contribution in [1.82, 2.24) is 10.3 Å². The van der Waals surface area contributed by atoms with Crippen molar-refractivity contribution in [2.24, 2.45) is 16.5 Å². The van der Waals surface area contributed by atoms with E-state index in [0.29, 0.717) is 30.5 Å². The second-order valence-electron chi connectivity index (χ2n) is 8.02. The lowest BCUT2D eigenvalue weighted by Crippen LogP contribution is -2.34. The van der Waals surface area contributed by atoms with Gasteiger partial charge in [0.1, 0.15) is 16.9 Å². The van der Waals surface area contributed by atoms with E-state index in [9.17, 15) is 5.11 Å². The summed E-state index contributed by atoms with van der Waals surface area (Å²) < 4.78 is 6.48. The fourth-order valence-corrected chi connectivity index (χ4v) is 4.72. The molecule has 8 heteroatoms. The Labute approximate surface area is 193 Å². The molecule has 0 spiro atoms.